The number of nitrogens with zero attached hydrogens (tertiary/aromatic N) is 1. The Morgan fingerprint density at radius 1 is 1.08 bits per heavy atom. The SMILES string of the molecule is COC1CCCC(/C=C2\CCN3C2NC(=O)C2CCCCC23)C1OC. The lowest BCUT2D eigenvalue weighted by atomic mass is 9.80. The highest BCUT2D eigenvalue weighted by molar-refractivity contribution is 5.81. The van der Waals surface area contributed by atoms with Crippen molar-refractivity contribution in [3.63, 3.8) is 0 Å². The third kappa shape index (κ3) is 3.15. The maximum Gasteiger partial charge on any atom is 0.226 e. The van der Waals surface area contributed by atoms with Gasteiger partial charge in [-0.3, -0.25) is 9.69 Å². The second kappa shape index (κ2) is 7.37. The Morgan fingerprint density at radius 3 is 2.72 bits per heavy atom. The average Bonchev–Trinajstić information content (AvgIpc) is 3.04. The fourth-order valence-corrected chi connectivity index (χ4v) is 5.69. The van der Waals surface area contributed by atoms with Crippen LogP contribution in [0.15, 0.2) is 11.6 Å². The molecule has 2 aliphatic carbocycles. The number of carbonyl (C=O) groups excluding carboxylic acids is 1. The van der Waals surface area contributed by atoms with E-state index in [-0.39, 0.29) is 30.2 Å². The minimum absolute atomic E-state index is 0.118. The third-order valence-corrected chi connectivity index (χ3v) is 6.93. The molecule has 5 nitrogen and oxygen atoms in total. The van der Waals surface area contributed by atoms with Crippen molar-refractivity contribution in [2.75, 3.05) is 20.8 Å². The van der Waals surface area contributed by atoms with Crippen molar-refractivity contribution in [1.82, 2.24) is 10.2 Å². The molecule has 0 aromatic heterocycles. The van der Waals surface area contributed by atoms with Crippen LogP contribution in [0.5, 0.6) is 0 Å². The van der Waals surface area contributed by atoms with Crippen molar-refractivity contribution < 1.29 is 14.3 Å². The van der Waals surface area contributed by atoms with Crippen LogP contribution in [0.3, 0.4) is 0 Å². The Labute approximate surface area is 151 Å². The van der Waals surface area contributed by atoms with Gasteiger partial charge in [-0.1, -0.05) is 25.3 Å². The van der Waals surface area contributed by atoms with Crippen molar-refractivity contribution in [3.05, 3.63) is 11.6 Å². The van der Waals surface area contributed by atoms with Crippen LogP contribution in [-0.4, -0.2) is 56.0 Å². The third-order valence-electron chi connectivity index (χ3n) is 6.93. The summed E-state index contributed by atoms with van der Waals surface area (Å²) in [7, 11) is 3.58. The zero-order chi connectivity index (χ0) is 17.4. The van der Waals surface area contributed by atoms with Crippen LogP contribution < -0.4 is 5.32 Å². The predicted octanol–water partition coefficient (Wildman–Crippen LogP) is 2.46. The second-order valence-corrected chi connectivity index (χ2v) is 8.17. The Balaban J connectivity index is 1.53. The van der Waals surface area contributed by atoms with E-state index >= 15 is 0 Å². The molecule has 2 saturated heterocycles. The number of hydrogen-bond acceptors (Lipinski definition) is 4. The van der Waals surface area contributed by atoms with Gasteiger partial charge < -0.3 is 14.8 Å². The summed E-state index contributed by atoms with van der Waals surface area (Å²) in [6.07, 6.45) is 12.0. The van der Waals surface area contributed by atoms with E-state index < -0.39 is 0 Å². The van der Waals surface area contributed by atoms with Crippen molar-refractivity contribution >= 4 is 5.91 Å². The van der Waals surface area contributed by atoms with E-state index in [9.17, 15) is 4.79 Å². The molecule has 6 unspecified atom stereocenters. The molecule has 6 atom stereocenters. The summed E-state index contributed by atoms with van der Waals surface area (Å²) >= 11 is 0. The maximum atomic E-state index is 12.6. The number of methoxy groups -OCH3 is 2. The molecular formula is C20H32N2O3. The Kier molecular flexibility index (Phi) is 5.16. The topological polar surface area (TPSA) is 50.8 Å². The van der Waals surface area contributed by atoms with Gasteiger partial charge >= 0.3 is 0 Å². The summed E-state index contributed by atoms with van der Waals surface area (Å²) in [5.74, 6) is 0.878. The molecule has 0 bridgehead atoms. The summed E-state index contributed by atoms with van der Waals surface area (Å²) in [4.78, 5) is 15.2. The molecule has 4 rings (SSSR count). The molecule has 2 aliphatic heterocycles. The minimum atomic E-state index is 0.118. The van der Waals surface area contributed by atoms with E-state index in [1.807, 2.05) is 0 Å². The molecule has 0 aromatic carbocycles. The van der Waals surface area contributed by atoms with Gasteiger partial charge in [0.2, 0.25) is 5.91 Å². The molecule has 4 fully saturated rings. The Morgan fingerprint density at radius 2 is 1.92 bits per heavy atom. The lowest BCUT2D eigenvalue weighted by molar-refractivity contribution is -0.135. The number of ether oxygens (including phenoxy) is 2. The first-order valence-corrected chi connectivity index (χ1v) is 10.0. The number of amides is 1. The van der Waals surface area contributed by atoms with Crippen LogP contribution in [0.1, 0.15) is 51.4 Å². The van der Waals surface area contributed by atoms with E-state index in [0.717, 1.165) is 32.2 Å². The Bertz CT molecular complexity index is 535. The van der Waals surface area contributed by atoms with Gasteiger partial charge in [-0.25, -0.2) is 0 Å². The number of carbonyl (C=O) groups is 1. The normalized spacial score (nSPS) is 43.6. The highest BCUT2D eigenvalue weighted by Crippen LogP contribution is 2.39. The highest BCUT2D eigenvalue weighted by Gasteiger charge is 2.47. The minimum Gasteiger partial charge on any atom is -0.379 e. The zero-order valence-corrected chi connectivity index (χ0v) is 15.6. The van der Waals surface area contributed by atoms with Gasteiger partial charge in [0.25, 0.3) is 0 Å². The van der Waals surface area contributed by atoms with Gasteiger partial charge in [-0.05, 0) is 37.7 Å². The standard InChI is InChI=1S/C20H32N2O3/c1-24-17-9-5-6-13(18(17)25-2)12-14-10-11-22-16-8-4-3-7-15(16)20(23)21-19(14)22/h12-13,15-19H,3-11H2,1-2H3,(H,21,23)/b14-12+. The quantitative estimate of drug-likeness (QED) is 0.796. The molecule has 0 radical (unpaired) electrons. The molecule has 5 heteroatoms. The molecular weight excluding hydrogens is 316 g/mol. The van der Waals surface area contributed by atoms with E-state index in [4.69, 9.17) is 9.47 Å². The van der Waals surface area contributed by atoms with Gasteiger partial charge in [0.1, 0.15) is 6.17 Å². The average molecular weight is 348 g/mol. The van der Waals surface area contributed by atoms with E-state index in [1.165, 1.54) is 31.3 Å². The van der Waals surface area contributed by atoms with Crippen LogP contribution >= 0.6 is 0 Å². The van der Waals surface area contributed by atoms with Gasteiger partial charge in [-0.2, -0.15) is 0 Å². The molecule has 2 saturated carbocycles. The van der Waals surface area contributed by atoms with Crippen molar-refractivity contribution in [1.29, 1.82) is 0 Å². The summed E-state index contributed by atoms with van der Waals surface area (Å²) in [5, 5.41) is 3.32. The zero-order valence-electron chi connectivity index (χ0n) is 15.6. The van der Waals surface area contributed by atoms with Crippen molar-refractivity contribution in [2.24, 2.45) is 11.8 Å². The van der Waals surface area contributed by atoms with Crippen molar-refractivity contribution in [2.45, 2.75) is 75.8 Å². The van der Waals surface area contributed by atoms with Crippen LogP contribution in [-0.2, 0) is 14.3 Å². The molecule has 4 aliphatic rings. The van der Waals surface area contributed by atoms with Crippen LogP contribution in [0, 0.1) is 11.8 Å². The Hall–Kier alpha value is -0.910. The monoisotopic (exact) mass is 348 g/mol. The number of rotatable bonds is 3. The van der Waals surface area contributed by atoms with Crippen molar-refractivity contribution in [3.8, 4) is 0 Å². The predicted molar refractivity (Wildman–Crippen MR) is 96.0 cm³/mol. The first-order valence-electron chi connectivity index (χ1n) is 10.0. The van der Waals surface area contributed by atoms with Crippen LogP contribution in [0.4, 0.5) is 0 Å². The van der Waals surface area contributed by atoms with Crippen LogP contribution in [0.2, 0.25) is 0 Å². The number of fused-ring (bicyclic) bond motifs is 3. The van der Waals surface area contributed by atoms with E-state index in [1.54, 1.807) is 14.2 Å². The summed E-state index contributed by atoms with van der Waals surface area (Å²) in [5.41, 5.74) is 1.39. The maximum absolute atomic E-state index is 12.6. The lowest BCUT2D eigenvalue weighted by Crippen LogP contribution is -2.61. The molecule has 0 spiro atoms. The van der Waals surface area contributed by atoms with Gasteiger partial charge in [0, 0.05) is 32.7 Å². The first-order chi connectivity index (χ1) is 12.2. The summed E-state index contributed by atoms with van der Waals surface area (Å²) in [6.45, 7) is 1.08. The van der Waals surface area contributed by atoms with Gasteiger partial charge in [-0.15, -0.1) is 0 Å². The van der Waals surface area contributed by atoms with E-state index in [2.05, 4.69) is 16.3 Å². The largest absolute Gasteiger partial charge is 0.379 e. The second-order valence-electron chi connectivity index (χ2n) is 8.17. The molecule has 25 heavy (non-hydrogen) atoms. The van der Waals surface area contributed by atoms with Gasteiger partial charge in [0.15, 0.2) is 0 Å². The molecule has 1 N–H and O–H groups in total. The first kappa shape index (κ1) is 17.5. The molecule has 2 heterocycles. The fourth-order valence-electron chi connectivity index (χ4n) is 5.69. The lowest BCUT2D eigenvalue weighted by Gasteiger charge is -2.45. The molecule has 140 valence electrons. The molecule has 1 amide bonds. The summed E-state index contributed by atoms with van der Waals surface area (Å²) in [6, 6.07) is 0.453. The van der Waals surface area contributed by atoms with Gasteiger partial charge in [0.05, 0.1) is 18.1 Å². The summed E-state index contributed by atoms with van der Waals surface area (Å²) < 4.78 is 11.4. The number of hydrogen-bond donors (Lipinski definition) is 1. The fraction of sp³-hybridized carbons (Fsp3) is 0.850. The number of nitrogens with one attached hydrogen (secondary N) is 1. The van der Waals surface area contributed by atoms with Crippen LogP contribution in [0.25, 0.3) is 0 Å². The highest BCUT2D eigenvalue weighted by atomic mass is 16.5. The molecule has 0 aromatic rings. The smallest absolute Gasteiger partial charge is 0.226 e. The van der Waals surface area contributed by atoms with E-state index in [0.29, 0.717) is 12.0 Å².